The summed E-state index contributed by atoms with van der Waals surface area (Å²) in [6.07, 6.45) is 0. The molecule has 0 aromatic heterocycles. The van der Waals surface area contributed by atoms with Crippen LogP contribution in [0.2, 0.25) is 0 Å². The van der Waals surface area contributed by atoms with Gasteiger partial charge in [-0.25, -0.2) is 10.5 Å². The Bertz CT molecular complexity index is 134. The first kappa shape index (κ1) is 12.5. The Labute approximate surface area is 64.3 Å². The second-order valence-corrected chi connectivity index (χ2v) is 1.71. The van der Waals surface area contributed by atoms with E-state index in [0.717, 1.165) is 0 Å². The van der Waals surface area contributed by atoms with Gasteiger partial charge in [0, 0.05) is 20.9 Å². The van der Waals surface area contributed by atoms with Crippen molar-refractivity contribution in [1.82, 2.24) is 10.5 Å². The van der Waals surface area contributed by atoms with Crippen LogP contribution >= 0.6 is 0 Å². The molecule has 11 heavy (non-hydrogen) atoms. The summed E-state index contributed by atoms with van der Waals surface area (Å²) in [7, 11) is 1.28. The maximum atomic E-state index is 9.82. The van der Waals surface area contributed by atoms with E-state index in [2.05, 4.69) is 0 Å². The summed E-state index contributed by atoms with van der Waals surface area (Å²) in [5, 5.41) is 16.2. The van der Waals surface area contributed by atoms with E-state index in [1.165, 1.54) is 26.4 Å². The highest BCUT2D eigenvalue weighted by atomic mass is 16.5. The van der Waals surface area contributed by atoms with E-state index >= 15 is 0 Å². The van der Waals surface area contributed by atoms with Crippen molar-refractivity contribution in [3.8, 4) is 0 Å². The molecule has 0 aliphatic carbocycles. The lowest BCUT2D eigenvalue weighted by atomic mass is 10.7. The first-order chi connectivity index (χ1) is 4.91. The Kier molecular flexibility index (Phi) is 7.94. The lowest BCUT2D eigenvalue weighted by molar-refractivity contribution is -0.156. The fourth-order valence-electron chi connectivity index (χ4n) is 0. The molecule has 0 rings (SSSR count). The summed E-state index contributed by atoms with van der Waals surface area (Å²) in [5.41, 5.74) is 1.39. The molecule has 0 fully saturated rings. The smallest absolute Gasteiger partial charge is 0.242 e. The van der Waals surface area contributed by atoms with E-state index in [1.54, 1.807) is 0 Å². The first-order valence-electron chi connectivity index (χ1n) is 2.75. The van der Waals surface area contributed by atoms with Crippen LogP contribution in [0.4, 0.5) is 0 Å². The maximum Gasteiger partial charge on any atom is 0.242 e. The zero-order valence-corrected chi connectivity index (χ0v) is 6.66. The SMILES string of the molecule is CC(=O)N(C)O.CC(=O)NO. The van der Waals surface area contributed by atoms with E-state index in [1.807, 2.05) is 0 Å². The number of hydrogen-bond acceptors (Lipinski definition) is 4. The summed E-state index contributed by atoms with van der Waals surface area (Å²) in [6, 6.07) is 0. The number of carbonyl (C=O) groups excluding carboxylic acids is 2. The van der Waals surface area contributed by atoms with Gasteiger partial charge < -0.3 is 0 Å². The zero-order chi connectivity index (χ0) is 9.44. The van der Waals surface area contributed by atoms with Crippen LogP contribution in [0, 0.1) is 0 Å². The minimum Gasteiger partial charge on any atom is -0.289 e. The molecule has 0 aromatic carbocycles. The van der Waals surface area contributed by atoms with Gasteiger partial charge in [-0.15, -0.1) is 0 Å². The molecule has 0 aromatic rings. The highest BCUT2D eigenvalue weighted by molar-refractivity contribution is 5.71. The van der Waals surface area contributed by atoms with Gasteiger partial charge in [0.2, 0.25) is 11.8 Å². The average molecular weight is 164 g/mol. The van der Waals surface area contributed by atoms with Crippen molar-refractivity contribution in [2.75, 3.05) is 7.05 Å². The predicted octanol–water partition coefficient (Wildman–Crippen LogP) is -0.634. The maximum absolute atomic E-state index is 9.82. The third kappa shape index (κ3) is 17.7. The number of carbonyl (C=O) groups is 2. The second kappa shape index (κ2) is 6.97. The molecule has 6 nitrogen and oxygen atoms in total. The molecule has 0 radical (unpaired) electrons. The highest BCUT2D eigenvalue weighted by Crippen LogP contribution is 1.68. The minimum absolute atomic E-state index is 0.352. The van der Waals surface area contributed by atoms with Gasteiger partial charge in [0.1, 0.15) is 0 Å². The van der Waals surface area contributed by atoms with Crippen LogP contribution in [0.5, 0.6) is 0 Å². The van der Waals surface area contributed by atoms with Gasteiger partial charge in [0.05, 0.1) is 0 Å². The Hall–Kier alpha value is -1.14. The topological polar surface area (TPSA) is 89.9 Å². The van der Waals surface area contributed by atoms with Crippen LogP contribution in [0.1, 0.15) is 13.8 Å². The Morgan fingerprint density at radius 3 is 1.55 bits per heavy atom. The molecule has 0 saturated carbocycles. The molecule has 0 atom stereocenters. The molecular weight excluding hydrogens is 152 g/mol. The third-order valence-electron chi connectivity index (χ3n) is 0.613. The van der Waals surface area contributed by atoms with Crippen LogP contribution in [-0.2, 0) is 9.59 Å². The molecule has 0 bridgehead atoms. The summed E-state index contributed by atoms with van der Waals surface area (Å²) in [5.74, 6) is -0.792. The zero-order valence-electron chi connectivity index (χ0n) is 6.66. The molecular formula is C5H12N2O4. The van der Waals surface area contributed by atoms with Crippen molar-refractivity contribution in [2.45, 2.75) is 13.8 Å². The quantitative estimate of drug-likeness (QED) is 0.328. The number of amides is 2. The molecule has 0 unspecified atom stereocenters. The third-order valence-corrected chi connectivity index (χ3v) is 0.613. The predicted molar refractivity (Wildman–Crippen MR) is 35.8 cm³/mol. The van der Waals surface area contributed by atoms with E-state index in [0.29, 0.717) is 5.06 Å². The van der Waals surface area contributed by atoms with E-state index in [4.69, 9.17) is 10.4 Å². The number of hydroxylamine groups is 3. The Morgan fingerprint density at radius 2 is 1.55 bits per heavy atom. The molecule has 66 valence electrons. The summed E-state index contributed by atoms with van der Waals surface area (Å²) < 4.78 is 0. The fraction of sp³-hybridized carbons (Fsp3) is 0.600. The monoisotopic (exact) mass is 164 g/mol. The molecule has 0 aliphatic heterocycles. The van der Waals surface area contributed by atoms with Gasteiger partial charge in [-0.05, 0) is 0 Å². The number of nitrogens with one attached hydrogen (secondary N) is 1. The summed E-state index contributed by atoms with van der Waals surface area (Å²) in [6.45, 7) is 2.50. The lowest BCUT2D eigenvalue weighted by Gasteiger charge is -1.99. The molecule has 0 spiro atoms. The highest BCUT2D eigenvalue weighted by Gasteiger charge is 1.90. The Morgan fingerprint density at radius 1 is 1.36 bits per heavy atom. The van der Waals surface area contributed by atoms with Gasteiger partial charge in [-0.1, -0.05) is 0 Å². The van der Waals surface area contributed by atoms with Crippen molar-refractivity contribution in [3.05, 3.63) is 0 Å². The number of rotatable bonds is 0. The number of nitrogens with zero attached hydrogens (tertiary/aromatic N) is 1. The van der Waals surface area contributed by atoms with Crippen molar-refractivity contribution < 1.29 is 20.0 Å². The first-order valence-corrected chi connectivity index (χ1v) is 2.75. The average Bonchev–Trinajstić information content (AvgIpc) is 1.89. The standard InChI is InChI=1S/C3H7NO2.C2H5NO2/c1-3(5)4(2)6;1-2(4)3-5/h6H,1-2H3;5H,1H3,(H,3,4). The lowest BCUT2D eigenvalue weighted by Crippen LogP contribution is -2.17. The van der Waals surface area contributed by atoms with Crippen molar-refractivity contribution in [2.24, 2.45) is 0 Å². The van der Waals surface area contributed by atoms with Gasteiger partial charge >= 0.3 is 0 Å². The summed E-state index contributed by atoms with van der Waals surface area (Å²) >= 11 is 0. The van der Waals surface area contributed by atoms with Crippen LogP contribution in [0.25, 0.3) is 0 Å². The molecule has 6 heteroatoms. The van der Waals surface area contributed by atoms with Crippen LogP contribution in [0.3, 0.4) is 0 Å². The van der Waals surface area contributed by atoms with Crippen molar-refractivity contribution in [3.63, 3.8) is 0 Å². The molecule has 2 amide bonds. The van der Waals surface area contributed by atoms with E-state index in [-0.39, 0.29) is 5.91 Å². The second-order valence-electron chi connectivity index (χ2n) is 1.71. The Balaban J connectivity index is 0. The molecule has 0 aliphatic rings. The number of hydrogen-bond donors (Lipinski definition) is 3. The van der Waals surface area contributed by atoms with Gasteiger partial charge in [0.25, 0.3) is 0 Å². The van der Waals surface area contributed by atoms with Gasteiger partial charge in [-0.3, -0.25) is 20.0 Å². The van der Waals surface area contributed by atoms with Crippen LogP contribution in [-0.4, -0.2) is 34.3 Å². The van der Waals surface area contributed by atoms with E-state index in [9.17, 15) is 9.59 Å². The minimum atomic E-state index is -0.440. The summed E-state index contributed by atoms with van der Waals surface area (Å²) in [4.78, 5) is 19.3. The van der Waals surface area contributed by atoms with Crippen molar-refractivity contribution in [1.29, 1.82) is 0 Å². The fourth-order valence-corrected chi connectivity index (χ4v) is 0. The van der Waals surface area contributed by atoms with E-state index < -0.39 is 5.91 Å². The van der Waals surface area contributed by atoms with Gasteiger partial charge in [0.15, 0.2) is 0 Å². The molecule has 3 N–H and O–H groups in total. The largest absolute Gasteiger partial charge is 0.289 e. The van der Waals surface area contributed by atoms with Crippen LogP contribution in [0.15, 0.2) is 0 Å². The normalized spacial score (nSPS) is 7.36. The molecule has 0 saturated heterocycles. The molecule has 0 heterocycles. The van der Waals surface area contributed by atoms with Gasteiger partial charge in [-0.2, -0.15) is 0 Å². The van der Waals surface area contributed by atoms with Crippen molar-refractivity contribution >= 4 is 11.8 Å². The van der Waals surface area contributed by atoms with Crippen LogP contribution < -0.4 is 5.48 Å².